The van der Waals surface area contributed by atoms with Gasteiger partial charge in [-0.25, -0.2) is 0 Å². The summed E-state index contributed by atoms with van der Waals surface area (Å²) < 4.78 is 39.1. The van der Waals surface area contributed by atoms with Crippen LogP contribution in [0.4, 0.5) is 13.2 Å². The molecule has 0 aliphatic rings. The van der Waals surface area contributed by atoms with Gasteiger partial charge in [0.1, 0.15) is 0 Å². The van der Waals surface area contributed by atoms with Crippen molar-refractivity contribution in [2.45, 2.75) is 17.1 Å². The van der Waals surface area contributed by atoms with Crippen LogP contribution < -0.4 is 5.73 Å². The molecule has 0 bridgehead atoms. The van der Waals surface area contributed by atoms with Crippen molar-refractivity contribution in [1.82, 2.24) is 0 Å². The van der Waals surface area contributed by atoms with Crippen molar-refractivity contribution in [3.05, 3.63) is 65.2 Å². The summed E-state index contributed by atoms with van der Waals surface area (Å²) in [7, 11) is 0. The Balaban J connectivity index is 2.52. The summed E-state index contributed by atoms with van der Waals surface area (Å²) in [6.45, 7) is 0. The molecule has 0 radical (unpaired) electrons. The quantitative estimate of drug-likeness (QED) is 0.846. The van der Waals surface area contributed by atoms with Crippen LogP contribution in [0.2, 0.25) is 0 Å². The van der Waals surface area contributed by atoms with Crippen LogP contribution in [-0.2, 0) is 6.18 Å². The summed E-state index contributed by atoms with van der Waals surface area (Å²) >= 11 is 1.47. The highest BCUT2D eigenvalue weighted by atomic mass is 32.2. The van der Waals surface area contributed by atoms with E-state index in [4.69, 9.17) is 5.73 Å². The highest BCUT2D eigenvalue weighted by Gasteiger charge is 2.34. The van der Waals surface area contributed by atoms with Crippen molar-refractivity contribution in [2.75, 3.05) is 6.26 Å². The number of thioether (sulfide) groups is 1. The van der Waals surface area contributed by atoms with Gasteiger partial charge < -0.3 is 5.73 Å². The number of halogens is 3. The molecule has 0 aliphatic heterocycles. The Bertz CT molecular complexity index is 596. The largest absolute Gasteiger partial charge is 0.416 e. The highest BCUT2D eigenvalue weighted by Crippen LogP contribution is 2.37. The number of nitrogens with two attached hydrogens (primary N) is 1. The van der Waals surface area contributed by atoms with Crippen LogP contribution in [0.15, 0.2) is 53.4 Å². The van der Waals surface area contributed by atoms with E-state index in [1.807, 2.05) is 18.4 Å². The zero-order valence-corrected chi connectivity index (χ0v) is 11.6. The summed E-state index contributed by atoms with van der Waals surface area (Å²) in [6, 6.07) is 11.9. The Morgan fingerprint density at radius 1 is 0.950 bits per heavy atom. The zero-order valence-electron chi connectivity index (χ0n) is 10.8. The van der Waals surface area contributed by atoms with Crippen molar-refractivity contribution in [1.29, 1.82) is 0 Å². The Morgan fingerprint density at radius 3 is 2.10 bits per heavy atom. The third kappa shape index (κ3) is 2.99. The van der Waals surface area contributed by atoms with Crippen molar-refractivity contribution in [3.8, 4) is 0 Å². The van der Waals surface area contributed by atoms with Gasteiger partial charge in [-0.2, -0.15) is 13.2 Å². The molecule has 0 aromatic heterocycles. The molecule has 1 nitrogen and oxygen atoms in total. The molecular weight excluding hydrogens is 283 g/mol. The van der Waals surface area contributed by atoms with Crippen LogP contribution in [0, 0.1) is 0 Å². The lowest BCUT2D eigenvalue weighted by atomic mass is 9.95. The predicted molar refractivity (Wildman–Crippen MR) is 75.7 cm³/mol. The van der Waals surface area contributed by atoms with E-state index in [-0.39, 0.29) is 5.56 Å². The van der Waals surface area contributed by atoms with Crippen molar-refractivity contribution in [2.24, 2.45) is 5.73 Å². The molecule has 0 spiro atoms. The number of hydrogen-bond donors (Lipinski definition) is 1. The monoisotopic (exact) mass is 297 g/mol. The lowest BCUT2D eigenvalue weighted by Gasteiger charge is -2.20. The minimum Gasteiger partial charge on any atom is -0.320 e. The maximum absolute atomic E-state index is 13.0. The summed E-state index contributed by atoms with van der Waals surface area (Å²) in [4.78, 5) is 0.886. The lowest BCUT2D eigenvalue weighted by molar-refractivity contribution is -0.138. The van der Waals surface area contributed by atoms with Crippen LogP contribution in [0.3, 0.4) is 0 Å². The van der Waals surface area contributed by atoms with Gasteiger partial charge in [-0.1, -0.05) is 36.4 Å². The molecule has 1 atom stereocenters. The maximum Gasteiger partial charge on any atom is 0.416 e. The second kappa shape index (κ2) is 5.89. The van der Waals surface area contributed by atoms with E-state index in [1.54, 1.807) is 18.2 Å². The van der Waals surface area contributed by atoms with Crippen LogP contribution in [-0.4, -0.2) is 6.26 Å². The van der Waals surface area contributed by atoms with Crippen LogP contribution in [0.1, 0.15) is 22.7 Å². The number of hydrogen-bond acceptors (Lipinski definition) is 2. The Hall–Kier alpha value is -1.46. The molecule has 0 saturated heterocycles. The third-order valence-corrected chi connectivity index (χ3v) is 3.89. The second-order valence-electron chi connectivity index (χ2n) is 4.30. The van der Waals surface area contributed by atoms with Crippen molar-refractivity contribution >= 4 is 11.8 Å². The van der Waals surface area contributed by atoms with E-state index >= 15 is 0 Å². The maximum atomic E-state index is 13.0. The Labute approximate surface area is 120 Å². The first-order valence-electron chi connectivity index (χ1n) is 5.99. The van der Waals surface area contributed by atoms with E-state index in [2.05, 4.69) is 0 Å². The molecule has 0 aliphatic carbocycles. The molecule has 0 fully saturated rings. The number of rotatable bonds is 3. The fraction of sp³-hybridized carbons (Fsp3) is 0.200. The van der Waals surface area contributed by atoms with Gasteiger partial charge in [0.2, 0.25) is 0 Å². The summed E-state index contributed by atoms with van der Waals surface area (Å²) in [6.07, 6.45) is -2.52. The van der Waals surface area contributed by atoms with Crippen molar-refractivity contribution < 1.29 is 13.2 Å². The van der Waals surface area contributed by atoms with Crippen molar-refractivity contribution in [3.63, 3.8) is 0 Å². The molecule has 2 N–H and O–H groups in total. The zero-order chi connectivity index (χ0) is 14.8. The van der Waals surface area contributed by atoms with Gasteiger partial charge in [-0.3, -0.25) is 0 Å². The molecule has 20 heavy (non-hydrogen) atoms. The molecule has 5 heteroatoms. The van der Waals surface area contributed by atoms with E-state index in [0.717, 1.165) is 11.0 Å². The van der Waals surface area contributed by atoms with E-state index in [1.165, 1.54) is 23.9 Å². The van der Waals surface area contributed by atoms with E-state index in [0.29, 0.717) is 5.56 Å². The minimum atomic E-state index is -4.40. The first-order chi connectivity index (χ1) is 9.45. The van der Waals surface area contributed by atoms with E-state index in [9.17, 15) is 13.2 Å². The molecule has 2 aromatic rings. The van der Waals surface area contributed by atoms with Crippen LogP contribution >= 0.6 is 11.8 Å². The molecule has 2 rings (SSSR count). The van der Waals surface area contributed by atoms with Gasteiger partial charge in [0.05, 0.1) is 11.6 Å². The van der Waals surface area contributed by atoms with E-state index < -0.39 is 17.8 Å². The summed E-state index contributed by atoms with van der Waals surface area (Å²) in [5, 5.41) is 0. The minimum absolute atomic E-state index is 0.0986. The first kappa shape index (κ1) is 14.9. The lowest BCUT2D eigenvalue weighted by Crippen LogP contribution is -2.18. The fourth-order valence-corrected chi connectivity index (χ4v) is 2.76. The van der Waals surface area contributed by atoms with Gasteiger partial charge in [0, 0.05) is 4.90 Å². The van der Waals surface area contributed by atoms with Gasteiger partial charge in [0.15, 0.2) is 0 Å². The number of alkyl halides is 3. The molecule has 0 heterocycles. The second-order valence-corrected chi connectivity index (χ2v) is 5.15. The molecule has 106 valence electrons. The topological polar surface area (TPSA) is 26.0 Å². The Morgan fingerprint density at radius 2 is 1.50 bits per heavy atom. The standard InChI is InChI=1S/C15H14F3NS/c1-20-13-9-5-3-7-11(13)14(19)10-6-2-4-8-12(10)15(16,17)18/h2-9,14H,19H2,1H3. The normalized spacial score (nSPS) is 13.2. The highest BCUT2D eigenvalue weighted by molar-refractivity contribution is 7.98. The van der Waals surface area contributed by atoms with Gasteiger partial charge in [0.25, 0.3) is 0 Å². The van der Waals surface area contributed by atoms with Gasteiger partial charge >= 0.3 is 6.18 Å². The van der Waals surface area contributed by atoms with Gasteiger partial charge in [-0.05, 0) is 29.5 Å². The predicted octanol–water partition coefficient (Wildman–Crippen LogP) is 4.48. The molecule has 0 amide bonds. The molecule has 2 aromatic carbocycles. The third-order valence-electron chi connectivity index (χ3n) is 3.08. The molecular formula is C15H14F3NS. The Kier molecular flexibility index (Phi) is 4.40. The summed E-state index contributed by atoms with van der Waals surface area (Å²) in [5.41, 5.74) is 6.20. The SMILES string of the molecule is CSc1ccccc1C(N)c1ccccc1C(F)(F)F. The fourth-order valence-electron chi connectivity index (χ4n) is 2.12. The molecule has 1 unspecified atom stereocenters. The number of benzene rings is 2. The van der Waals surface area contributed by atoms with Gasteiger partial charge in [-0.15, -0.1) is 11.8 Å². The first-order valence-corrected chi connectivity index (χ1v) is 7.22. The average molecular weight is 297 g/mol. The smallest absolute Gasteiger partial charge is 0.320 e. The molecule has 0 saturated carbocycles. The van der Waals surface area contributed by atoms with Crippen LogP contribution in [0.5, 0.6) is 0 Å². The average Bonchev–Trinajstić information content (AvgIpc) is 2.45. The van der Waals surface area contributed by atoms with Crippen LogP contribution in [0.25, 0.3) is 0 Å². The summed E-state index contributed by atoms with van der Waals surface area (Å²) in [5.74, 6) is 0.